The van der Waals surface area contributed by atoms with Gasteiger partial charge in [0.1, 0.15) is 0 Å². The zero-order valence-electron chi connectivity index (χ0n) is 13.5. The highest BCUT2D eigenvalue weighted by Crippen LogP contribution is 2.26. The van der Waals surface area contributed by atoms with Gasteiger partial charge in [0.2, 0.25) is 0 Å². The Morgan fingerprint density at radius 1 is 1.11 bits per heavy atom. The van der Waals surface area contributed by atoms with Crippen molar-refractivity contribution in [3.63, 3.8) is 0 Å². The van der Waals surface area contributed by atoms with E-state index in [0.717, 1.165) is 6.54 Å². The molecular formula is C17H30N2. The molecule has 1 aromatic rings. The van der Waals surface area contributed by atoms with Crippen LogP contribution in [0.25, 0.3) is 0 Å². The van der Waals surface area contributed by atoms with Crippen LogP contribution in [0, 0.1) is 26.7 Å². The molecule has 0 aliphatic rings. The lowest BCUT2D eigenvalue weighted by molar-refractivity contribution is 0.214. The summed E-state index contributed by atoms with van der Waals surface area (Å²) in [5.74, 6) is 0.714. The summed E-state index contributed by atoms with van der Waals surface area (Å²) in [5, 5.41) is 0. The van der Waals surface area contributed by atoms with Crippen LogP contribution < -0.4 is 5.73 Å². The fraction of sp³-hybridized carbons (Fsp3) is 0.647. The van der Waals surface area contributed by atoms with E-state index in [1.54, 1.807) is 0 Å². The molecule has 2 N–H and O–H groups in total. The van der Waals surface area contributed by atoms with Gasteiger partial charge in [-0.1, -0.05) is 32.4 Å². The molecule has 0 heterocycles. The summed E-state index contributed by atoms with van der Waals surface area (Å²) in [5.41, 5.74) is 11.5. The van der Waals surface area contributed by atoms with E-state index in [9.17, 15) is 0 Å². The van der Waals surface area contributed by atoms with Crippen LogP contribution in [0.3, 0.4) is 0 Å². The van der Waals surface area contributed by atoms with Crippen LogP contribution in [0.2, 0.25) is 0 Å². The van der Waals surface area contributed by atoms with Gasteiger partial charge in [-0.2, -0.15) is 0 Å². The molecule has 1 aromatic carbocycles. The second-order valence-electron chi connectivity index (χ2n) is 6.00. The van der Waals surface area contributed by atoms with E-state index in [2.05, 4.69) is 58.7 Å². The third kappa shape index (κ3) is 4.05. The number of nitrogens with zero attached hydrogens (tertiary/aromatic N) is 1. The topological polar surface area (TPSA) is 29.3 Å². The van der Waals surface area contributed by atoms with Crippen molar-refractivity contribution in [3.05, 3.63) is 34.4 Å². The van der Waals surface area contributed by atoms with Gasteiger partial charge in [-0.15, -0.1) is 0 Å². The molecule has 0 fully saturated rings. The number of hydrogen-bond acceptors (Lipinski definition) is 2. The van der Waals surface area contributed by atoms with Gasteiger partial charge in [-0.05, 0) is 56.0 Å². The fourth-order valence-corrected chi connectivity index (χ4v) is 2.63. The Morgan fingerprint density at radius 2 is 1.68 bits per heavy atom. The Hall–Kier alpha value is -0.860. The van der Waals surface area contributed by atoms with Crippen molar-refractivity contribution < 1.29 is 0 Å². The maximum absolute atomic E-state index is 6.04. The molecule has 1 rings (SSSR count). The lowest BCUT2D eigenvalue weighted by atomic mass is 9.94. The van der Waals surface area contributed by atoms with Gasteiger partial charge >= 0.3 is 0 Å². The Morgan fingerprint density at radius 3 is 2.21 bits per heavy atom. The molecule has 0 saturated heterocycles. The van der Waals surface area contributed by atoms with Gasteiger partial charge in [0.15, 0.2) is 0 Å². The molecule has 108 valence electrons. The van der Waals surface area contributed by atoms with Crippen molar-refractivity contribution in [3.8, 4) is 0 Å². The van der Waals surface area contributed by atoms with Gasteiger partial charge in [0, 0.05) is 19.1 Å². The van der Waals surface area contributed by atoms with E-state index >= 15 is 0 Å². The van der Waals surface area contributed by atoms with Gasteiger partial charge in [-0.25, -0.2) is 0 Å². The van der Waals surface area contributed by atoms with E-state index in [-0.39, 0.29) is 0 Å². The molecular weight excluding hydrogens is 232 g/mol. The number of aryl methyl sites for hydroxylation is 3. The molecule has 0 aliphatic heterocycles. The second-order valence-corrected chi connectivity index (χ2v) is 6.00. The number of hydrogen-bond donors (Lipinski definition) is 1. The van der Waals surface area contributed by atoms with Crippen molar-refractivity contribution >= 4 is 0 Å². The predicted octanol–water partition coefficient (Wildman–Crippen LogP) is 3.59. The van der Waals surface area contributed by atoms with Crippen molar-refractivity contribution in [1.29, 1.82) is 0 Å². The molecule has 0 aliphatic carbocycles. The molecule has 19 heavy (non-hydrogen) atoms. The normalized spacial score (nSPS) is 14.7. The summed E-state index contributed by atoms with van der Waals surface area (Å²) in [4.78, 5) is 2.41. The SMILES string of the molecule is CCC(C)CN(C)C(CN)c1cc(C)c(C)cc1C. The van der Waals surface area contributed by atoms with Crippen LogP contribution in [0.4, 0.5) is 0 Å². The van der Waals surface area contributed by atoms with Crippen LogP contribution in [-0.2, 0) is 0 Å². The lowest BCUT2D eigenvalue weighted by Gasteiger charge is -2.31. The van der Waals surface area contributed by atoms with Gasteiger partial charge in [0.25, 0.3) is 0 Å². The van der Waals surface area contributed by atoms with E-state index in [0.29, 0.717) is 18.5 Å². The Balaban J connectivity index is 2.99. The predicted molar refractivity (Wildman–Crippen MR) is 84.5 cm³/mol. The lowest BCUT2D eigenvalue weighted by Crippen LogP contribution is -2.34. The van der Waals surface area contributed by atoms with Gasteiger partial charge < -0.3 is 5.73 Å². The molecule has 0 saturated carbocycles. The first-order valence-electron chi connectivity index (χ1n) is 7.38. The molecule has 0 radical (unpaired) electrons. The third-order valence-corrected chi connectivity index (χ3v) is 4.29. The summed E-state index contributed by atoms with van der Waals surface area (Å²) < 4.78 is 0. The molecule has 0 aromatic heterocycles. The summed E-state index contributed by atoms with van der Waals surface area (Å²) in [7, 11) is 2.19. The van der Waals surface area contributed by atoms with E-state index in [1.165, 1.54) is 28.7 Å². The minimum atomic E-state index is 0.327. The van der Waals surface area contributed by atoms with Gasteiger partial charge in [-0.3, -0.25) is 4.90 Å². The minimum absolute atomic E-state index is 0.327. The highest BCUT2D eigenvalue weighted by atomic mass is 15.1. The van der Waals surface area contributed by atoms with Crippen molar-refractivity contribution in [1.82, 2.24) is 4.90 Å². The molecule has 2 nitrogen and oxygen atoms in total. The average Bonchev–Trinajstić information content (AvgIpc) is 2.36. The summed E-state index contributed by atoms with van der Waals surface area (Å²) >= 11 is 0. The fourth-order valence-electron chi connectivity index (χ4n) is 2.63. The summed E-state index contributed by atoms with van der Waals surface area (Å²) in [6.07, 6.45) is 1.22. The quantitative estimate of drug-likeness (QED) is 0.849. The number of benzene rings is 1. The third-order valence-electron chi connectivity index (χ3n) is 4.29. The van der Waals surface area contributed by atoms with Crippen LogP contribution >= 0.6 is 0 Å². The standard InChI is InChI=1S/C17H30N2/c1-7-12(2)11-19(6)17(10-18)16-9-14(4)13(3)8-15(16)5/h8-9,12,17H,7,10-11,18H2,1-6H3. The summed E-state index contributed by atoms with van der Waals surface area (Å²) in [6.45, 7) is 12.9. The van der Waals surface area contributed by atoms with Crippen LogP contribution in [0.5, 0.6) is 0 Å². The molecule has 0 bridgehead atoms. The first-order chi connectivity index (χ1) is 8.90. The smallest absolute Gasteiger partial charge is 0.0470 e. The number of likely N-dealkylation sites (N-methyl/N-ethyl adjacent to an activating group) is 1. The monoisotopic (exact) mass is 262 g/mol. The largest absolute Gasteiger partial charge is 0.329 e. The Labute approximate surface area is 119 Å². The van der Waals surface area contributed by atoms with Crippen LogP contribution in [0.15, 0.2) is 12.1 Å². The molecule has 0 amide bonds. The molecule has 2 unspecified atom stereocenters. The highest BCUT2D eigenvalue weighted by molar-refractivity contribution is 5.38. The van der Waals surface area contributed by atoms with Crippen LogP contribution in [-0.4, -0.2) is 25.0 Å². The zero-order chi connectivity index (χ0) is 14.6. The van der Waals surface area contributed by atoms with Crippen molar-refractivity contribution in [2.24, 2.45) is 11.7 Å². The highest BCUT2D eigenvalue weighted by Gasteiger charge is 2.19. The Kier molecular flexibility index (Phi) is 6.02. The maximum atomic E-state index is 6.04. The second kappa shape index (κ2) is 7.06. The van der Waals surface area contributed by atoms with E-state index in [1.807, 2.05) is 0 Å². The average molecular weight is 262 g/mol. The first kappa shape index (κ1) is 16.2. The molecule has 2 heteroatoms. The zero-order valence-corrected chi connectivity index (χ0v) is 13.5. The van der Waals surface area contributed by atoms with E-state index < -0.39 is 0 Å². The van der Waals surface area contributed by atoms with Crippen molar-refractivity contribution in [2.75, 3.05) is 20.1 Å². The summed E-state index contributed by atoms with van der Waals surface area (Å²) in [6, 6.07) is 4.92. The minimum Gasteiger partial charge on any atom is -0.329 e. The number of rotatable bonds is 6. The first-order valence-corrected chi connectivity index (χ1v) is 7.38. The molecule has 0 spiro atoms. The van der Waals surface area contributed by atoms with Crippen LogP contribution in [0.1, 0.15) is 48.6 Å². The maximum Gasteiger partial charge on any atom is 0.0470 e. The van der Waals surface area contributed by atoms with Gasteiger partial charge in [0.05, 0.1) is 0 Å². The molecule has 2 atom stereocenters. The van der Waals surface area contributed by atoms with Crippen molar-refractivity contribution in [2.45, 2.75) is 47.1 Å². The van der Waals surface area contributed by atoms with E-state index in [4.69, 9.17) is 5.73 Å². The Bertz CT molecular complexity index is 412. The number of nitrogens with two attached hydrogens (primary N) is 1.